The number of unbranched alkanes of at least 4 members (excludes halogenated alkanes) is 2. The third-order valence-corrected chi connectivity index (χ3v) is 7.60. The van der Waals surface area contributed by atoms with Gasteiger partial charge in [0.2, 0.25) is 11.5 Å². The Morgan fingerprint density at radius 3 is 1.42 bits per heavy atom. The van der Waals surface area contributed by atoms with Gasteiger partial charge in [0.05, 0.1) is 34.4 Å². The summed E-state index contributed by atoms with van der Waals surface area (Å²) in [6, 6.07) is 13.7. The van der Waals surface area contributed by atoms with Crippen molar-refractivity contribution in [2.45, 2.75) is 39.5 Å². The second kappa shape index (κ2) is 15.2. The minimum atomic E-state index is -0.763. The predicted molar refractivity (Wildman–Crippen MR) is 173 cm³/mol. The molecule has 0 aromatic heterocycles. The Bertz CT molecular complexity index is 1660. The van der Waals surface area contributed by atoms with Crippen LogP contribution in [0.1, 0.15) is 60.2 Å². The highest BCUT2D eigenvalue weighted by atomic mass is 35.5. The fourth-order valence-electron chi connectivity index (χ4n) is 4.06. The maximum atomic E-state index is 13.5. The lowest BCUT2D eigenvalue weighted by molar-refractivity contribution is 0.0711. The SMILES string of the molecule is CCCCOc1c(OCCCC)c(OC(=O)c2ccc(Cl)cc2Cl)c2cc(Cl)ccc2c1OC(=O)c1ccc(Cl)cc1Cl. The summed E-state index contributed by atoms with van der Waals surface area (Å²) >= 11 is 31.1. The molecule has 4 aromatic carbocycles. The van der Waals surface area contributed by atoms with E-state index in [-0.39, 0.29) is 57.4 Å². The highest BCUT2D eigenvalue weighted by Gasteiger charge is 2.29. The highest BCUT2D eigenvalue weighted by Crippen LogP contribution is 2.52. The van der Waals surface area contributed by atoms with Crippen LogP contribution in [0.15, 0.2) is 54.6 Å². The number of esters is 2. The van der Waals surface area contributed by atoms with Crippen molar-refractivity contribution in [1.29, 1.82) is 0 Å². The number of benzene rings is 4. The largest absolute Gasteiger partial charge is 0.486 e. The van der Waals surface area contributed by atoms with Crippen LogP contribution >= 0.6 is 58.0 Å². The molecule has 0 atom stereocenters. The first-order valence-corrected chi connectivity index (χ1v) is 15.4. The summed E-state index contributed by atoms with van der Waals surface area (Å²) in [6.07, 6.45) is 3.05. The quantitative estimate of drug-likeness (QED) is 0.0840. The third kappa shape index (κ3) is 8.00. The molecule has 0 saturated carbocycles. The van der Waals surface area contributed by atoms with Crippen LogP contribution in [0.2, 0.25) is 25.1 Å². The number of carbonyl (C=O) groups excluding carboxylic acids is 2. The Morgan fingerprint density at radius 1 is 0.558 bits per heavy atom. The molecule has 0 heterocycles. The molecule has 6 nitrogen and oxygen atoms in total. The van der Waals surface area contributed by atoms with Gasteiger partial charge in [0.1, 0.15) is 0 Å². The lowest BCUT2D eigenvalue weighted by Gasteiger charge is -2.22. The molecule has 0 bridgehead atoms. The molecule has 0 radical (unpaired) electrons. The summed E-state index contributed by atoms with van der Waals surface area (Å²) in [5.41, 5.74) is 0.177. The van der Waals surface area contributed by atoms with E-state index >= 15 is 0 Å². The summed E-state index contributed by atoms with van der Waals surface area (Å²) < 4.78 is 24.4. The predicted octanol–water partition coefficient (Wildman–Crippen LogP) is 10.9. The van der Waals surface area contributed by atoms with Crippen molar-refractivity contribution >= 4 is 80.7 Å². The van der Waals surface area contributed by atoms with Crippen molar-refractivity contribution in [2.75, 3.05) is 13.2 Å². The Hall–Kier alpha value is -2.87. The van der Waals surface area contributed by atoms with E-state index in [0.717, 1.165) is 12.8 Å². The number of halogens is 5. The molecule has 0 fully saturated rings. The standard InChI is InChI=1S/C32H27Cl5O6/c1-3-5-13-40-29-27(42-31(38)22-11-8-19(34)16-25(22)36)21-10-7-18(33)15-24(21)28(30(29)41-14-6-4-2)43-32(39)23-12-9-20(35)17-26(23)37/h7-12,15-17H,3-6,13-14H2,1-2H3. The van der Waals surface area contributed by atoms with Gasteiger partial charge in [-0.1, -0.05) is 84.7 Å². The van der Waals surface area contributed by atoms with Gasteiger partial charge in [0, 0.05) is 25.8 Å². The van der Waals surface area contributed by atoms with Crippen molar-refractivity contribution in [3.05, 3.63) is 90.8 Å². The van der Waals surface area contributed by atoms with Gasteiger partial charge >= 0.3 is 11.9 Å². The second-order valence-electron chi connectivity index (χ2n) is 9.44. The van der Waals surface area contributed by atoms with Crippen LogP contribution in [0, 0.1) is 0 Å². The Labute approximate surface area is 274 Å². The van der Waals surface area contributed by atoms with Crippen LogP contribution in [0.3, 0.4) is 0 Å². The van der Waals surface area contributed by atoms with E-state index in [9.17, 15) is 9.59 Å². The smallest absolute Gasteiger partial charge is 0.345 e. The van der Waals surface area contributed by atoms with Crippen molar-refractivity contribution in [3.63, 3.8) is 0 Å². The maximum Gasteiger partial charge on any atom is 0.345 e. The van der Waals surface area contributed by atoms with Crippen molar-refractivity contribution in [2.24, 2.45) is 0 Å². The normalized spacial score (nSPS) is 11.0. The van der Waals surface area contributed by atoms with Crippen LogP contribution < -0.4 is 18.9 Å². The number of carbonyl (C=O) groups is 2. The van der Waals surface area contributed by atoms with Crippen molar-refractivity contribution in [1.82, 2.24) is 0 Å². The first kappa shape index (κ1) is 33.0. The van der Waals surface area contributed by atoms with E-state index in [1.807, 2.05) is 13.8 Å². The van der Waals surface area contributed by atoms with Gasteiger partial charge in [-0.05, 0) is 67.4 Å². The number of ether oxygens (including phenoxy) is 4. The Kier molecular flexibility index (Phi) is 11.7. The average Bonchev–Trinajstić information content (AvgIpc) is 2.95. The fourth-order valence-corrected chi connectivity index (χ4v) is 5.20. The molecule has 11 heteroatoms. The lowest BCUT2D eigenvalue weighted by atomic mass is 10.1. The molecular formula is C32H27Cl5O6. The van der Waals surface area contributed by atoms with E-state index in [0.29, 0.717) is 38.7 Å². The topological polar surface area (TPSA) is 71.1 Å². The number of hydrogen-bond donors (Lipinski definition) is 0. The lowest BCUT2D eigenvalue weighted by Crippen LogP contribution is -2.15. The number of rotatable bonds is 12. The van der Waals surface area contributed by atoms with Crippen LogP contribution in [-0.4, -0.2) is 25.2 Å². The van der Waals surface area contributed by atoms with Gasteiger partial charge in [-0.25, -0.2) is 9.59 Å². The number of fused-ring (bicyclic) bond motifs is 1. The molecule has 226 valence electrons. The average molecular weight is 685 g/mol. The number of hydrogen-bond acceptors (Lipinski definition) is 6. The van der Waals surface area contributed by atoms with Gasteiger partial charge < -0.3 is 18.9 Å². The second-order valence-corrected chi connectivity index (χ2v) is 11.6. The van der Waals surface area contributed by atoms with E-state index in [2.05, 4.69) is 0 Å². The van der Waals surface area contributed by atoms with E-state index in [1.54, 1.807) is 18.2 Å². The Balaban J connectivity index is 1.94. The van der Waals surface area contributed by atoms with Gasteiger partial charge in [0.15, 0.2) is 11.5 Å². The molecular weight excluding hydrogens is 658 g/mol. The van der Waals surface area contributed by atoms with Gasteiger partial charge in [-0.3, -0.25) is 0 Å². The van der Waals surface area contributed by atoms with Crippen LogP contribution in [0.25, 0.3) is 10.8 Å². The molecule has 4 aromatic rings. The molecule has 0 amide bonds. The summed E-state index contributed by atoms with van der Waals surface area (Å²) in [7, 11) is 0. The Morgan fingerprint density at radius 2 is 0.977 bits per heavy atom. The fraction of sp³-hybridized carbons (Fsp3) is 0.250. The van der Waals surface area contributed by atoms with E-state index in [4.69, 9.17) is 77.0 Å². The van der Waals surface area contributed by atoms with Crippen LogP contribution in [-0.2, 0) is 0 Å². The minimum absolute atomic E-state index is 0.0282. The van der Waals surface area contributed by atoms with Crippen LogP contribution in [0.4, 0.5) is 0 Å². The summed E-state index contributed by atoms with van der Waals surface area (Å²) in [5, 5.41) is 2.00. The maximum absolute atomic E-state index is 13.5. The van der Waals surface area contributed by atoms with E-state index in [1.165, 1.54) is 36.4 Å². The molecule has 0 saturated heterocycles. The molecule has 0 N–H and O–H groups in total. The molecule has 43 heavy (non-hydrogen) atoms. The first-order valence-electron chi connectivity index (χ1n) is 13.5. The summed E-state index contributed by atoms with van der Waals surface area (Å²) in [5.74, 6) is -1.28. The van der Waals surface area contributed by atoms with E-state index < -0.39 is 11.9 Å². The monoisotopic (exact) mass is 682 g/mol. The van der Waals surface area contributed by atoms with Gasteiger partial charge in [-0.2, -0.15) is 0 Å². The van der Waals surface area contributed by atoms with Crippen LogP contribution in [0.5, 0.6) is 23.0 Å². The molecule has 0 aliphatic carbocycles. The molecule has 0 aliphatic rings. The van der Waals surface area contributed by atoms with Gasteiger partial charge in [0.25, 0.3) is 0 Å². The highest BCUT2D eigenvalue weighted by molar-refractivity contribution is 6.37. The first-order chi connectivity index (χ1) is 20.6. The zero-order valence-electron chi connectivity index (χ0n) is 23.3. The zero-order chi connectivity index (χ0) is 31.1. The third-order valence-electron chi connectivity index (χ3n) is 6.27. The summed E-state index contributed by atoms with van der Waals surface area (Å²) in [6.45, 7) is 4.55. The van der Waals surface area contributed by atoms with Crippen molar-refractivity contribution in [3.8, 4) is 23.0 Å². The molecule has 0 aliphatic heterocycles. The molecule has 4 rings (SSSR count). The molecule has 0 unspecified atom stereocenters. The summed E-state index contributed by atoms with van der Waals surface area (Å²) in [4.78, 5) is 26.9. The van der Waals surface area contributed by atoms with Gasteiger partial charge in [-0.15, -0.1) is 0 Å². The zero-order valence-corrected chi connectivity index (χ0v) is 27.1. The van der Waals surface area contributed by atoms with Crippen molar-refractivity contribution < 1.29 is 28.5 Å². The molecule has 0 spiro atoms. The minimum Gasteiger partial charge on any atom is -0.486 e.